The summed E-state index contributed by atoms with van der Waals surface area (Å²) in [5.74, 6) is 1.01. The van der Waals surface area contributed by atoms with Crippen LogP contribution in [0.4, 0.5) is 0 Å². The van der Waals surface area contributed by atoms with Crippen molar-refractivity contribution in [3.05, 3.63) is 71.4 Å². The molecule has 0 atom stereocenters. The van der Waals surface area contributed by atoms with E-state index in [1.54, 1.807) is 38.5 Å². The number of carbonyl (C=O) groups excluding carboxylic acids is 2. The molecule has 190 valence electrons. The molecule has 0 unspecified atom stereocenters. The van der Waals surface area contributed by atoms with E-state index >= 15 is 0 Å². The third-order valence-electron chi connectivity index (χ3n) is 6.17. The zero-order valence-corrected chi connectivity index (χ0v) is 21.3. The molecular formula is C28H29N5O4. The number of hydrogen-bond donors (Lipinski definition) is 1. The third-order valence-corrected chi connectivity index (χ3v) is 6.17. The molecule has 3 heterocycles. The highest BCUT2D eigenvalue weighted by Gasteiger charge is 2.20. The molecule has 1 aliphatic heterocycles. The second-order valence-corrected chi connectivity index (χ2v) is 9.42. The average Bonchev–Trinajstić information content (AvgIpc) is 3.35. The van der Waals surface area contributed by atoms with Crippen molar-refractivity contribution in [2.75, 3.05) is 27.3 Å². The Morgan fingerprint density at radius 3 is 2.59 bits per heavy atom. The smallest absolute Gasteiger partial charge is 0.253 e. The van der Waals surface area contributed by atoms with Gasteiger partial charge in [0, 0.05) is 37.8 Å². The van der Waals surface area contributed by atoms with E-state index in [0.717, 1.165) is 11.1 Å². The Kier molecular flexibility index (Phi) is 6.52. The molecule has 2 aromatic carbocycles. The summed E-state index contributed by atoms with van der Waals surface area (Å²) < 4.78 is 13.2. The fraction of sp³-hybridized carbons (Fsp3) is 0.286. The molecule has 9 nitrogen and oxygen atoms in total. The minimum atomic E-state index is -0.251. The van der Waals surface area contributed by atoms with Gasteiger partial charge in [-0.25, -0.2) is 9.67 Å². The predicted octanol–water partition coefficient (Wildman–Crippen LogP) is 4.08. The fourth-order valence-electron chi connectivity index (χ4n) is 4.28. The Hall–Kier alpha value is -4.40. The molecule has 2 aromatic heterocycles. The van der Waals surface area contributed by atoms with E-state index in [1.165, 1.54) is 4.90 Å². The maximum Gasteiger partial charge on any atom is 0.253 e. The van der Waals surface area contributed by atoms with E-state index < -0.39 is 0 Å². The summed E-state index contributed by atoms with van der Waals surface area (Å²) >= 11 is 0. The molecule has 5 rings (SSSR count). The number of carbonyl (C=O) groups is 2. The fourth-order valence-corrected chi connectivity index (χ4v) is 4.28. The largest absolute Gasteiger partial charge is 0.486 e. The number of benzene rings is 2. The molecule has 0 bridgehead atoms. The van der Waals surface area contributed by atoms with Gasteiger partial charge in [-0.05, 0) is 55.8 Å². The van der Waals surface area contributed by atoms with Gasteiger partial charge >= 0.3 is 0 Å². The number of fused-ring (bicyclic) bond motifs is 2. The quantitative estimate of drug-likeness (QED) is 0.429. The van der Waals surface area contributed by atoms with Crippen LogP contribution in [0.5, 0.6) is 11.5 Å². The number of ether oxygens (including phenoxy) is 2. The minimum Gasteiger partial charge on any atom is -0.486 e. The Bertz CT molecular complexity index is 1490. The molecule has 0 aliphatic carbocycles. The van der Waals surface area contributed by atoms with Crippen LogP contribution in [0.15, 0.2) is 54.7 Å². The molecule has 4 aromatic rings. The van der Waals surface area contributed by atoms with E-state index in [1.807, 2.05) is 48.9 Å². The minimum absolute atomic E-state index is 0.0633. The summed E-state index contributed by atoms with van der Waals surface area (Å²) in [7, 11) is 3.42. The van der Waals surface area contributed by atoms with E-state index in [4.69, 9.17) is 14.5 Å². The first-order valence-corrected chi connectivity index (χ1v) is 12.2. The van der Waals surface area contributed by atoms with Crippen molar-refractivity contribution in [2.45, 2.75) is 26.4 Å². The van der Waals surface area contributed by atoms with Crippen LogP contribution in [-0.2, 0) is 6.54 Å². The van der Waals surface area contributed by atoms with Crippen molar-refractivity contribution in [1.29, 1.82) is 0 Å². The van der Waals surface area contributed by atoms with Crippen molar-refractivity contribution in [3.8, 4) is 22.8 Å². The van der Waals surface area contributed by atoms with Gasteiger partial charge in [-0.15, -0.1) is 0 Å². The Morgan fingerprint density at radius 1 is 1.05 bits per heavy atom. The van der Waals surface area contributed by atoms with Gasteiger partial charge in [-0.1, -0.05) is 12.1 Å². The molecule has 0 saturated heterocycles. The highest BCUT2D eigenvalue weighted by atomic mass is 16.6. The van der Waals surface area contributed by atoms with Crippen LogP contribution in [0.25, 0.3) is 22.3 Å². The summed E-state index contributed by atoms with van der Waals surface area (Å²) in [5.41, 5.74) is 3.95. The number of aromatic nitrogens is 3. The number of nitrogens with one attached hydrogen (secondary N) is 1. The third kappa shape index (κ3) is 4.84. The summed E-state index contributed by atoms with van der Waals surface area (Å²) in [6, 6.07) is 14.7. The van der Waals surface area contributed by atoms with Gasteiger partial charge < -0.3 is 19.7 Å². The van der Waals surface area contributed by atoms with Crippen LogP contribution < -0.4 is 14.8 Å². The lowest BCUT2D eigenvalue weighted by Gasteiger charge is -2.19. The zero-order valence-electron chi connectivity index (χ0n) is 21.3. The van der Waals surface area contributed by atoms with Crippen molar-refractivity contribution in [1.82, 2.24) is 25.0 Å². The molecular weight excluding hydrogens is 470 g/mol. The topological polar surface area (TPSA) is 98.6 Å². The van der Waals surface area contributed by atoms with Gasteiger partial charge in [0.25, 0.3) is 11.8 Å². The first-order chi connectivity index (χ1) is 17.8. The summed E-state index contributed by atoms with van der Waals surface area (Å²) in [5, 5.41) is 8.16. The monoisotopic (exact) mass is 499 g/mol. The van der Waals surface area contributed by atoms with E-state index in [2.05, 4.69) is 10.4 Å². The average molecular weight is 500 g/mol. The molecule has 1 N–H and O–H groups in total. The normalized spacial score (nSPS) is 12.6. The predicted molar refractivity (Wildman–Crippen MR) is 140 cm³/mol. The SMILES string of the molecule is CC(C)n1ncc2c(C(=O)NCc3cccc(C(=O)N(C)C)c3)cc(-c3ccc4c(c3)OCCO4)nc21. The lowest BCUT2D eigenvalue weighted by molar-refractivity contribution is 0.0827. The van der Waals surface area contributed by atoms with Crippen LogP contribution in [0.3, 0.4) is 0 Å². The highest BCUT2D eigenvalue weighted by Crippen LogP contribution is 2.35. The second kappa shape index (κ2) is 9.93. The maximum absolute atomic E-state index is 13.5. The molecule has 0 radical (unpaired) electrons. The number of amides is 2. The van der Waals surface area contributed by atoms with Gasteiger partial charge in [0.15, 0.2) is 17.1 Å². The molecule has 0 spiro atoms. The van der Waals surface area contributed by atoms with E-state index in [9.17, 15) is 9.59 Å². The number of nitrogens with zero attached hydrogens (tertiary/aromatic N) is 4. The van der Waals surface area contributed by atoms with Gasteiger partial charge in [0.05, 0.1) is 22.8 Å². The second-order valence-electron chi connectivity index (χ2n) is 9.42. The van der Waals surface area contributed by atoms with Crippen molar-refractivity contribution in [2.24, 2.45) is 0 Å². The first kappa shape index (κ1) is 24.3. The Balaban J connectivity index is 1.49. The molecule has 0 fully saturated rings. The van der Waals surface area contributed by atoms with Crippen LogP contribution in [0.2, 0.25) is 0 Å². The first-order valence-electron chi connectivity index (χ1n) is 12.2. The van der Waals surface area contributed by atoms with Gasteiger partial charge in [0.1, 0.15) is 13.2 Å². The number of hydrogen-bond acceptors (Lipinski definition) is 6. The van der Waals surface area contributed by atoms with E-state index in [-0.39, 0.29) is 24.4 Å². The standard InChI is InChI=1S/C28H29N5O4/c1-17(2)33-26-22(16-30-33)21(14-23(31-26)19-8-9-24-25(13-19)37-11-10-36-24)27(34)29-15-18-6-5-7-20(12-18)28(35)32(3)4/h5-9,12-14,16-17H,10-11,15H2,1-4H3,(H,29,34). The maximum atomic E-state index is 13.5. The molecule has 0 saturated carbocycles. The molecule has 9 heteroatoms. The molecule has 1 aliphatic rings. The van der Waals surface area contributed by atoms with Crippen molar-refractivity contribution < 1.29 is 19.1 Å². The Labute approximate surface area is 215 Å². The number of rotatable bonds is 6. The van der Waals surface area contributed by atoms with Gasteiger partial charge in [0.2, 0.25) is 0 Å². The lowest BCUT2D eigenvalue weighted by Crippen LogP contribution is -2.24. The molecule has 2 amide bonds. The van der Waals surface area contributed by atoms with Crippen LogP contribution >= 0.6 is 0 Å². The van der Waals surface area contributed by atoms with Gasteiger partial charge in [-0.2, -0.15) is 5.10 Å². The molecule has 37 heavy (non-hydrogen) atoms. The summed E-state index contributed by atoms with van der Waals surface area (Å²) in [6.07, 6.45) is 1.68. The van der Waals surface area contributed by atoms with Crippen LogP contribution in [0.1, 0.15) is 46.2 Å². The lowest BCUT2D eigenvalue weighted by atomic mass is 10.1. The summed E-state index contributed by atoms with van der Waals surface area (Å²) in [6.45, 7) is 5.31. The Morgan fingerprint density at radius 2 is 1.84 bits per heavy atom. The highest BCUT2D eigenvalue weighted by molar-refractivity contribution is 6.06. The van der Waals surface area contributed by atoms with Crippen LogP contribution in [0, 0.1) is 0 Å². The summed E-state index contributed by atoms with van der Waals surface area (Å²) in [4.78, 5) is 32.2. The zero-order chi connectivity index (χ0) is 26.1. The van der Waals surface area contributed by atoms with Crippen molar-refractivity contribution >= 4 is 22.8 Å². The number of pyridine rings is 1. The van der Waals surface area contributed by atoms with Crippen LogP contribution in [-0.4, -0.2) is 58.8 Å². The van der Waals surface area contributed by atoms with E-state index in [0.29, 0.717) is 52.6 Å². The van der Waals surface area contributed by atoms with Crippen molar-refractivity contribution in [3.63, 3.8) is 0 Å². The van der Waals surface area contributed by atoms with Gasteiger partial charge in [-0.3, -0.25) is 9.59 Å².